The fraction of sp³-hybridized carbons (Fsp3) is 0.250. The van der Waals surface area contributed by atoms with Crippen molar-refractivity contribution >= 4 is 17.5 Å². The summed E-state index contributed by atoms with van der Waals surface area (Å²) in [6, 6.07) is 8.55. The molecule has 0 fully saturated rings. The van der Waals surface area contributed by atoms with Gasteiger partial charge in [0.2, 0.25) is 0 Å². The van der Waals surface area contributed by atoms with Gasteiger partial charge in [0.15, 0.2) is 5.82 Å². The van der Waals surface area contributed by atoms with E-state index in [-0.39, 0.29) is 23.6 Å². The summed E-state index contributed by atoms with van der Waals surface area (Å²) in [5.74, 6) is 0.410. The number of pyridine rings is 1. The molecule has 3 N–H and O–H groups in total. The van der Waals surface area contributed by atoms with E-state index in [9.17, 15) is 9.18 Å². The van der Waals surface area contributed by atoms with Gasteiger partial charge in [-0.1, -0.05) is 0 Å². The van der Waals surface area contributed by atoms with Crippen molar-refractivity contribution in [3.63, 3.8) is 0 Å². The van der Waals surface area contributed by atoms with Crippen LogP contribution < -0.4 is 15.4 Å². The number of anilines is 2. The number of aliphatic hydroxyl groups is 1. The number of ether oxygens (including phenoxy) is 1. The molecule has 1 aromatic carbocycles. The highest BCUT2D eigenvalue weighted by Gasteiger charge is 2.15. The van der Waals surface area contributed by atoms with Crippen LogP contribution in [0.4, 0.5) is 20.7 Å². The fourth-order valence-corrected chi connectivity index (χ4v) is 3.18. The zero-order valence-corrected chi connectivity index (χ0v) is 19.6. The molecule has 0 aliphatic heterocycles. The SMILES string of the molecule is CC(C)(C)n1ccc(NC(=O)Nc2ccc(Oc3ccnc(-c4cnn(CCO)c4)c3)cc2F)n1. The summed E-state index contributed by atoms with van der Waals surface area (Å²) in [4.78, 5) is 16.6. The zero-order chi connectivity index (χ0) is 25.0. The molecule has 35 heavy (non-hydrogen) atoms. The number of rotatable bonds is 7. The Hall–Kier alpha value is -4.25. The van der Waals surface area contributed by atoms with Crippen LogP contribution in [-0.4, -0.2) is 42.3 Å². The summed E-state index contributed by atoms with van der Waals surface area (Å²) in [6.07, 6.45) is 6.74. The Balaban J connectivity index is 1.40. The number of carbonyl (C=O) groups excluding carboxylic acids is 1. The molecule has 4 rings (SSSR count). The van der Waals surface area contributed by atoms with E-state index in [1.165, 1.54) is 12.1 Å². The van der Waals surface area contributed by atoms with Gasteiger partial charge in [-0.3, -0.25) is 19.7 Å². The van der Waals surface area contributed by atoms with Crippen molar-refractivity contribution in [1.82, 2.24) is 24.5 Å². The highest BCUT2D eigenvalue weighted by Crippen LogP contribution is 2.28. The van der Waals surface area contributed by atoms with E-state index in [2.05, 4.69) is 25.8 Å². The predicted molar refractivity (Wildman–Crippen MR) is 129 cm³/mol. The van der Waals surface area contributed by atoms with Crippen LogP contribution in [0.1, 0.15) is 20.8 Å². The summed E-state index contributed by atoms with van der Waals surface area (Å²) in [7, 11) is 0. The van der Waals surface area contributed by atoms with E-state index in [1.54, 1.807) is 58.4 Å². The first-order chi connectivity index (χ1) is 16.7. The number of benzene rings is 1. The van der Waals surface area contributed by atoms with Crippen LogP contribution in [0, 0.1) is 5.82 Å². The first-order valence-electron chi connectivity index (χ1n) is 10.9. The van der Waals surface area contributed by atoms with Gasteiger partial charge in [0.1, 0.15) is 17.3 Å². The smallest absolute Gasteiger partial charge is 0.324 e. The minimum Gasteiger partial charge on any atom is -0.457 e. The number of nitrogens with one attached hydrogen (secondary N) is 2. The largest absolute Gasteiger partial charge is 0.457 e. The summed E-state index contributed by atoms with van der Waals surface area (Å²) >= 11 is 0. The molecule has 0 spiro atoms. The summed E-state index contributed by atoms with van der Waals surface area (Å²) in [6.45, 7) is 6.33. The van der Waals surface area contributed by atoms with Gasteiger partial charge in [-0.05, 0) is 39.0 Å². The number of hydrogen-bond donors (Lipinski definition) is 3. The Labute approximate surface area is 201 Å². The zero-order valence-electron chi connectivity index (χ0n) is 19.6. The van der Waals surface area contributed by atoms with Crippen LogP contribution in [0.25, 0.3) is 11.3 Å². The normalized spacial score (nSPS) is 11.3. The topological polar surface area (TPSA) is 119 Å². The van der Waals surface area contributed by atoms with Crippen LogP contribution in [0.2, 0.25) is 0 Å². The van der Waals surface area contributed by atoms with Gasteiger partial charge in [-0.15, -0.1) is 0 Å². The first kappa shape index (κ1) is 23.9. The summed E-state index contributed by atoms with van der Waals surface area (Å²) in [5, 5.41) is 22.6. The Morgan fingerprint density at radius 3 is 2.66 bits per heavy atom. The second-order valence-corrected chi connectivity index (χ2v) is 8.73. The fourth-order valence-electron chi connectivity index (χ4n) is 3.18. The lowest BCUT2D eigenvalue weighted by Gasteiger charge is -2.18. The average Bonchev–Trinajstić information content (AvgIpc) is 3.46. The lowest BCUT2D eigenvalue weighted by molar-refractivity contribution is 0.262. The third kappa shape index (κ3) is 6.01. The van der Waals surface area contributed by atoms with E-state index in [4.69, 9.17) is 9.84 Å². The first-order valence-corrected chi connectivity index (χ1v) is 10.9. The Morgan fingerprint density at radius 2 is 1.94 bits per heavy atom. The molecular formula is C24H26FN7O3. The van der Waals surface area contributed by atoms with Gasteiger partial charge < -0.3 is 15.2 Å². The number of aliphatic hydroxyl groups excluding tert-OH is 1. The van der Waals surface area contributed by atoms with Crippen molar-refractivity contribution in [3.8, 4) is 22.8 Å². The molecule has 2 amide bonds. The highest BCUT2D eigenvalue weighted by atomic mass is 19.1. The third-order valence-corrected chi connectivity index (χ3v) is 4.93. The Bertz CT molecular complexity index is 1330. The van der Waals surface area contributed by atoms with Crippen molar-refractivity contribution < 1.29 is 19.0 Å². The number of urea groups is 1. The van der Waals surface area contributed by atoms with Crippen LogP contribution in [0.3, 0.4) is 0 Å². The van der Waals surface area contributed by atoms with Gasteiger partial charge in [0.25, 0.3) is 0 Å². The van der Waals surface area contributed by atoms with E-state index in [0.717, 1.165) is 5.56 Å². The van der Waals surface area contributed by atoms with Crippen LogP contribution in [0.5, 0.6) is 11.5 Å². The minimum absolute atomic E-state index is 0.00295. The molecule has 0 saturated carbocycles. The lowest BCUT2D eigenvalue weighted by atomic mass is 10.1. The Morgan fingerprint density at radius 1 is 1.14 bits per heavy atom. The number of hydrogen-bond acceptors (Lipinski definition) is 6. The molecule has 10 nitrogen and oxygen atoms in total. The van der Waals surface area contributed by atoms with Crippen LogP contribution in [-0.2, 0) is 12.1 Å². The van der Waals surface area contributed by atoms with Crippen molar-refractivity contribution in [2.45, 2.75) is 32.9 Å². The number of aromatic nitrogens is 5. The van der Waals surface area contributed by atoms with Gasteiger partial charge in [0.05, 0.1) is 36.3 Å². The van der Waals surface area contributed by atoms with Gasteiger partial charge in [-0.25, -0.2) is 9.18 Å². The summed E-state index contributed by atoms with van der Waals surface area (Å²) in [5.41, 5.74) is 1.15. The standard InChI is InChI=1S/C24H26FN7O3/c1-24(2,3)32-9-7-22(30-32)29-23(34)28-20-5-4-17(12-19(20)25)35-18-6-8-26-21(13-18)16-14-27-31(15-16)10-11-33/h4-9,12-15,33H,10-11H2,1-3H3,(H2,28,29,30,34). The maximum absolute atomic E-state index is 14.6. The molecule has 0 bridgehead atoms. The maximum Gasteiger partial charge on any atom is 0.324 e. The van der Waals surface area contributed by atoms with Crippen molar-refractivity contribution in [2.75, 3.05) is 17.2 Å². The number of amides is 2. The maximum atomic E-state index is 14.6. The Kier molecular flexibility index (Phi) is 6.78. The van der Waals surface area contributed by atoms with E-state index in [0.29, 0.717) is 23.8 Å². The molecule has 11 heteroatoms. The molecular weight excluding hydrogens is 453 g/mol. The van der Waals surface area contributed by atoms with E-state index >= 15 is 0 Å². The quantitative estimate of drug-likeness (QED) is 0.360. The second-order valence-electron chi connectivity index (χ2n) is 8.73. The molecule has 0 unspecified atom stereocenters. The van der Waals surface area contributed by atoms with Crippen LogP contribution in [0.15, 0.2) is 61.2 Å². The minimum atomic E-state index is -0.655. The summed E-state index contributed by atoms with van der Waals surface area (Å²) < 4.78 is 23.8. The molecule has 0 aliphatic carbocycles. The van der Waals surface area contributed by atoms with Gasteiger partial charge in [0, 0.05) is 42.4 Å². The third-order valence-electron chi connectivity index (χ3n) is 4.93. The molecule has 0 radical (unpaired) electrons. The highest BCUT2D eigenvalue weighted by molar-refractivity contribution is 5.99. The van der Waals surface area contributed by atoms with Gasteiger partial charge >= 0.3 is 6.03 Å². The molecule has 4 aromatic rings. The van der Waals surface area contributed by atoms with Gasteiger partial charge in [-0.2, -0.15) is 10.2 Å². The number of nitrogens with zero attached hydrogens (tertiary/aromatic N) is 5. The predicted octanol–water partition coefficient (Wildman–Crippen LogP) is 4.46. The molecule has 0 saturated heterocycles. The van der Waals surface area contributed by atoms with Crippen LogP contribution >= 0.6 is 0 Å². The lowest BCUT2D eigenvalue weighted by Crippen LogP contribution is -2.24. The number of halogens is 1. The molecule has 182 valence electrons. The number of carbonyl (C=O) groups is 1. The molecule has 3 heterocycles. The van der Waals surface area contributed by atoms with Crippen molar-refractivity contribution in [3.05, 3.63) is 67.0 Å². The van der Waals surface area contributed by atoms with Crippen molar-refractivity contribution in [1.29, 1.82) is 0 Å². The second kappa shape index (κ2) is 9.94. The average molecular weight is 480 g/mol. The molecule has 0 atom stereocenters. The van der Waals surface area contributed by atoms with E-state index < -0.39 is 11.8 Å². The monoisotopic (exact) mass is 479 g/mol. The van der Waals surface area contributed by atoms with E-state index in [1.807, 2.05) is 20.8 Å². The molecule has 3 aromatic heterocycles. The molecule has 0 aliphatic rings. The van der Waals surface area contributed by atoms with Crippen molar-refractivity contribution in [2.24, 2.45) is 0 Å².